The molecule has 1 aromatic heterocycles. The van der Waals surface area contributed by atoms with E-state index in [4.69, 9.17) is 9.15 Å². The van der Waals surface area contributed by atoms with Crippen LogP contribution in [0.3, 0.4) is 0 Å². The van der Waals surface area contributed by atoms with Crippen molar-refractivity contribution >= 4 is 28.0 Å². The normalized spacial score (nSPS) is 24.0. The van der Waals surface area contributed by atoms with Gasteiger partial charge >= 0.3 is 6.09 Å². The van der Waals surface area contributed by atoms with Gasteiger partial charge in [0.25, 0.3) is 0 Å². The fourth-order valence-corrected chi connectivity index (χ4v) is 4.24. The van der Waals surface area contributed by atoms with Gasteiger partial charge in [-0.2, -0.15) is 0 Å². The van der Waals surface area contributed by atoms with Crippen molar-refractivity contribution in [3.63, 3.8) is 0 Å². The first-order chi connectivity index (χ1) is 12.1. The third kappa shape index (κ3) is 2.30. The van der Waals surface area contributed by atoms with E-state index in [1.54, 1.807) is 11.9 Å². The van der Waals surface area contributed by atoms with E-state index in [0.717, 1.165) is 48.0 Å². The Morgan fingerprint density at radius 1 is 1.08 bits per heavy atom. The average Bonchev–Trinajstić information content (AvgIpc) is 3.25. The Labute approximate surface area is 145 Å². The summed E-state index contributed by atoms with van der Waals surface area (Å²) in [5.41, 5.74) is 2.73. The van der Waals surface area contributed by atoms with Crippen molar-refractivity contribution in [1.29, 1.82) is 0 Å². The molecule has 2 saturated heterocycles. The molecule has 1 unspecified atom stereocenters. The van der Waals surface area contributed by atoms with Gasteiger partial charge in [0.15, 0.2) is 0 Å². The predicted molar refractivity (Wildman–Crippen MR) is 95.5 cm³/mol. The lowest BCUT2D eigenvalue weighted by Gasteiger charge is -2.21. The average molecular weight is 336 g/mol. The Balaban J connectivity index is 1.44. The third-order valence-electron chi connectivity index (χ3n) is 5.42. The molecule has 1 atom stereocenters. The number of carbonyl (C=O) groups is 1. The van der Waals surface area contributed by atoms with E-state index < -0.39 is 0 Å². The van der Waals surface area contributed by atoms with Crippen LogP contribution in [-0.2, 0) is 11.3 Å². The SMILES string of the molecule is CN1CC2(CCN(Cc3cccc4c3oc3ccccc34)C2)OC1=O. The minimum atomic E-state index is -0.340. The summed E-state index contributed by atoms with van der Waals surface area (Å²) in [5, 5.41) is 2.32. The number of para-hydroxylation sites is 2. The van der Waals surface area contributed by atoms with Crippen LogP contribution in [0.5, 0.6) is 0 Å². The third-order valence-corrected chi connectivity index (χ3v) is 5.42. The second-order valence-electron chi connectivity index (χ2n) is 7.26. The highest BCUT2D eigenvalue weighted by molar-refractivity contribution is 6.05. The zero-order valence-corrected chi connectivity index (χ0v) is 14.2. The van der Waals surface area contributed by atoms with Gasteiger partial charge in [-0.25, -0.2) is 4.79 Å². The van der Waals surface area contributed by atoms with Crippen molar-refractivity contribution in [3.05, 3.63) is 48.0 Å². The van der Waals surface area contributed by atoms with Crippen LogP contribution in [0.25, 0.3) is 21.9 Å². The lowest BCUT2D eigenvalue weighted by atomic mass is 10.0. The number of ether oxygens (including phenoxy) is 1. The molecule has 5 heteroatoms. The smallest absolute Gasteiger partial charge is 0.410 e. The van der Waals surface area contributed by atoms with Gasteiger partial charge in [-0.1, -0.05) is 36.4 Å². The Bertz CT molecular complexity index is 979. The van der Waals surface area contributed by atoms with Gasteiger partial charge in [0.2, 0.25) is 0 Å². The molecule has 2 fully saturated rings. The summed E-state index contributed by atoms with van der Waals surface area (Å²) in [4.78, 5) is 15.8. The molecule has 0 radical (unpaired) electrons. The highest BCUT2D eigenvalue weighted by atomic mass is 16.6. The molecule has 3 heterocycles. The maximum absolute atomic E-state index is 11.7. The summed E-state index contributed by atoms with van der Waals surface area (Å²) in [5.74, 6) is 0. The molecule has 0 saturated carbocycles. The molecular formula is C20H20N2O3. The number of carbonyl (C=O) groups excluding carboxylic acids is 1. The minimum Gasteiger partial charge on any atom is -0.456 e. The first-order valence-electron chi connectivity index (χ1n) is 8.69. The second kappa shape index (κ2) is 5.23. The maximum Gasteiger partial charge on any atom is 0.410 e. The number of amides is 1. The van der Waals surface area contributed by atoms with Crippen molar-refractivity contribution in [1.82, 2.24) is 9.80 Å². The molecule has 25 heavy (non-hydrogen) atoms. The second-order valence-corrected chi connectivity index (χ2v) is 7.26. The van der Waals surface area contributed by atoms with Gasteiger partial charge in [-0.15, -0.1) is 0 Å². The number of nitrogens with zero attached hydrogens (tertiary/aromatic N) is 2. The zero-order valence-electron chi connectivity index (χ0n) is 14.2. The Morgan fingerprint density at radius 3 is 2.76 bits per heavy atom. The van der Waals surface area contributed by atoms with Gasteiger partial charge in [-0.05, 0) is 6.07 Å². The van der Waals surface area contributed by atoms with Crippen LogP contribution in [0.1, 0.15) is 12.0 Å². The molecule has 5 nitrogen and oxygen atoms in total. The standard InChI is InChI=1S/C20H20N2O3/c1-21-12-20(25-19(21)23)9-10-22(13-20)11-14-5-4-7-16-15-6-2-3-8-17(15)24-18(14)16/h2-8H,9-13H2,1H3. The predicted octanol–water partition coefficient (Wildman–Crippen LogP) is 3.61. The van der Waals surface area contributed by atoms with E-state index in [1.165, 1.54) is 5.56 Å². The largest absolute Gasteiger partial charge is 0.456 e. The van der Waals surface area contributed by atoms with Gasteiger partial charge in [0.1, 0.15) is 16.8 Å². The summed E-state index contributed by atoms with van der Waals surface area (Å²) in [7, 11) is 1.80. The van der Waals surface area contributed by atoms with E-state index in [-0.39, 0.29) is 11.7 Å². The minimum absolute atomic E-state index is 0.207. The number of hydrogen-bond acceptors (Lipinski definition) is 4. The molecule has 2 aromatic carbocycles. The van der Waals surface area contributed by atoms with E-state index in [9.17, 15) is 4.79 Å². The van der Waals surface area contributed by atoms with Crippen LogP contribution < -0.4 is 0 Å². The van der Waals surface area contributed by atoms with Crippen LogP contribution >= 0.6 is 0 Å². The molecule has 0 bridgehead atoms. The van der Waals surface area contributed by atoms with Crippen molar-refractivity contribution < 1.29 is 13.9 Å². The summed E-state index contributed by atoms with van der Waals surface area (Å²) >= 11 is 0. The molecule has 5 rings (SSSR count). The summed E-state index contributed by atoms with van der Waals surface area (Å²) in [6.45, 7) is 3.19. The zero-order chi connectivity index (χ0) is 17.0. The Hall–Kier alpha value is -2.53. The molecule has 2 aliphatic heterocycles. The van der Waals surface area contributed by atoms with Crippen molar-refractivity contribution in [2.75, 3.05) is 26.7 Å². The monoisotopic (exact) mass is 336 g/mol. The van der Waals surface area contributed by atoms with E-state index in [2.05, 4.69) is 29.2 Å². The number of likely N-dealkylation sites (N-methyl/N-ethyl adjacent to an activating group) is 1. The van der Waals surface area contributed by atoms with Gasteiger partial charge < -0.3 is 14.1 Å². The van der Waals surface area contributed by atoms with Gasteiger partial charge in [0.05, 0.1) is 6.54 Å². The van der Waals surface area contributed by atoms with Crippen molar-refractivity contribution in [2.24, 2.45) is 0 Å². The summed E-state index contributed by atoms with van der Waals surface area (Å²) in [6, 6.07) is 14.5. The topological polar surface area (TPSA) is 45.9 Å². The van der Waals surface area contributed by atoms with Gasteiger partial charge in [0, 0.05) is 49.4 Å². The van der Waals surface area contributed by atoms with Crippen molar-refractivity contribution in [3.8, 4) is 0 Å². The van der Waals surface area contributed by atoms with Crippen LogP contribution in [0, 0.1) is 0 Å². The molecule has 1 amide bonds. The first-order valence-corrected chi connectivity index (χ1v) is 8.69. The van der Waals surface area contributed by atoms with Crippen LogP contribution in [-0.4, -0.2) is 48.2 Å². The quantitative estimate of drug-likeness (QED) is 0.717. The molecule has 1 spiro atoms. The van der Waals surface area contributed by atoms with E-state index in [0.29, 0.717) is 6.54 Å². The fraction of sp³-hybridized carbons (Fsp3) is 0.350. The fourth-order valence-electron chi connectivity index (χ4n) is 4.24. The highest BCUT2D eigenvalue weighted by Crippen LogP contribution is 2.35. The maximum atomic E-state index is 11.7. The lowest BCUT2D eigenvalue weighted by molar-refractivity contribution is 0.0627. The summed E-state index contributed by atoms with van der Waals surface area (Å²) in [6.07, 6.45) is 0.681. The number of fused-ring (bicyclic) bond motifs is 3. The van der Waals surface area contributed by atoms with Crippen LogP contribution in [0.15, 0.2) is 46.9 Å². The number of likely N-dealkylation sites (tertiary alicyclic amines) is 1. The number of rotatable bonds is 2. The number of furan rings is 1. The molecule has 2 aliphatic rings. The number of benzene rings is 2. The van der Waals surface area contributed by atoms with Gasteiger partial charge in [-0.3, -0.25) is 4.90 Å². The molecule has 0 N–H and O–H groups in total. The molecular weight excluding hydrogens is 316 g/mol. The van der Waals surface area contributed by atoms with Crippen LogP contribution in [0.2, 0.25) is 0 Å². The van der Waals surface area contributed by atoms with Crippen molar-refractivity contribution in [2.45, 2.75) is 18.6 Å². The first kappa shape index (κ1) is 14.8. The Kier molecular flexibility index (Phi) is 3.09. The number of hydrogen-bond donors (Lipinski definition) is 0. The van der Waals surface area contributed by atoms with E-state index >= 15 is 0 Å². The molecule has 128 valence electrons. The highest BCUT2D eigenvalue weighted by Gasteiger charge is 2.48. The lowest BCUT2D eigenvalue weighted by Crippen LogP contribution is -2.37. The summed E-state index contributed by atoms with van der Waals surface area (Å²) < 4.78 is 11.8. The molecule has 3 aromatic rings. The van der Waals surface area contributed by atoms with E-state index in [1.807, 2.05) is 18.2 Å². The van der Waals surface area contributed by atoms with Crippen LogP contribution in [0.4, 0.5) is 4.79 Å². The molecule has 0 aliphatic carbocycles. The Morgan fingerprint density at radius 2 is 1.92 bits per heavy atom.